The zero-order valence-electron chi connectivity index (χ0n) is 14.4. The summed E-state index contributed by atoms with van der Waals surface area (Å²) >= 11 is 1.05. The molecule has 0 fully saturated rings. The van der Waals surface area contributed by atoms with E-state index in [0.717, 1.165) is 23.8 Å². The van der Waals surface area contributed by atoms with Crippen LogP contribution in [0.4, 0.5) is 10.1 Å². The maximum Gasteiger partial charge on any atom is 0.151 e. The van der Waals surface area contributed by atoms with Gasteiger partial charge >= 0.3 is 0 Å². The van der Waals surface area contributed by atoms with Gasteiger partial charge in [-0.15, -0.1) is 0 Å². The fraction of sp³-hybridized carbons (Fsp3) is 0.222. The lowest BCUT2D eigenvalue weighted by molar-refractivity contribution is -0.106. The number of halogens is 1. The topological polar surface area (TPSA) is 67.9 Å². The molecule has 0 aliphatic rings. The number of aldehydes is 2. The second-order valence-electron chi connectivity index (χ2n) is 5.13. The molecule has 8 heteroatoms. The highest BCUT2D eigenvalue weighted by Gasteiger charge is 2.20. The lowest BCUT2D eigenvalue weighted by Gasteiger charge is -2.23. The van der Waals surface area contributed by atoms with Crippen molar-refractivity contribution >= 4 is 30.4 Å². The number of anilines is 1. The van der Waals surface area contributed by atoms with Gasteiger partial charge in [-0.25, -0.2) is 9.11 Å². The number of methoxy groups -OCH3 is 1. The van der Waals surface area contributed by atoms with Gasteiger partial charge in [0.1, 0.15) is 36.4 Å². The minimum absolute atomic E-state index is 0.0538. The molecule has 0 atom stereocenters. The number of nitrogens with one attached hydrogen (secondary N) is 1. The highest BCUT2D eigenvalue weighted by molar-refractivity contribution is 7.98. The number of benzene rings is 2. The van der Waals surface area contributed by atoms with Crippen molar-refractivity contribution in [1.82, 2.24) is 4.72 Å². The quantitative estimate of drug-likeness (QED) is 0.503. The summed E-state index contributed by atoms with van der Waals surface area (Å²) in [4.78, 5) is 22.0. The summed E-state index contributed by atoms with van der Waals surface area (Å²) in [6, 6.07) is 9.78. The number of hydrogen-bond acceptors (Lipinski definition) is 7. The van der Waals surface area contributed by atoms with Gasteiger partial charge in [0, 0.05) is 17.7 Å². The summed E-state index contributed by atoms with van der Waals surface area (Å²) in [5.41, 5.74) is 1.09. The first-order chi connectivity index (χ1) is 12.6. The van der Waals surface area contributed by atoms with Gasteiger partial charge in [0.15, 0.2) is 5.82 Å². The van der Waals surface area contributed by atoms with Crippen LogP contribution in [0, 0.1) is 5.82 Å². The van der Waals surface area contributed by atoms with Crippen molar-refractivity contribution in [2.45, 2.75) is 6.61 Å². The minimum Gasteiger partial charge on any atom is -0.497 e. The van der Waals surface area contributed by atoms with Gasteiger partial charge in [-0.2, -0.15) is 0 Å². The van der Waals surface area contributed by atoms with Crippen LogP contribution in [-0.2, 0) is 11.4 Å². The first-order valence-corrected chi connectivity index (χ1v) is 8.49. The number of hydrogen-bond donors (Lipinski definition) is 1. The zero-order chi connectivity index (χ0) is 18.9. The van der Waals surface area contributed by atoms with Crippen LogP contribution in [0.25, 0.3) is 0 Å². The first-order valence-electron chi connectivity index (χ1n) is 7.72. The molecule has 26 heavy (non-hydrogen) atoms. The van der Waals surface area contributed by atoms with Gasteiger partial charge in [-0.05, 0) is 36.9 Å². The zero-order valence-corrected chi connectivity index (χ0v) is 15.2. The van der Waals surface area contributed by atoms with Crippen molar-refractivity contribution in [2.24, 2.45) is 0 Å². The van der Waals surface area contributed by atoms with Crippen LogP contribution >= 0.6 is 12.1 Å². The molecule has 1 N–H and O–H groups in total. The third-order valence-electron chi connectivity index (χ3n) is 3.43. The second-order valence-corrected chi connectivity index (χ2v) is 6.16. The summed E-state index contributed by atoms with van der Waals surface area (Å²) < 4.78 is 29.6. The molecule has 0 aromatic heterocycles. The molecular formula is C18H19FN2O4S. The smallest absolute Gasteiger partial charge is 0.151 e. The van der Waals surface area contributed by atoms with Gasteiger partial charge in [0.25, 0.3) is 0 Å². The maximum absolute atomic E-state index is 14.6. The van der Waals surface area contributed by atoms with Crippen LogP contribution in [-0.4, -0.2) is 33.3 Å². The van der Waals surface area contributed by atoms with Gasteiger partial charge in [-0.3, -0.25) is 9.10 Å². The van der Waals surface area contributed by atoms with Crippen LogP contribution in [0.3, 0.4) is 0 Å². The number of nitrogens with zero attached hydrogens (tertiary/aromatic N) is 1. The van der Waals surface area contributed by atoms with E-state index in [2.05, 4.69) is 4.72 Å². The van der Waals surface area contributed by atoms with Crippen molar-refractivity contribution < 1.29 is 23.5 Å². The SMILES string of the molecule is CNSN(CC=O)c1c(F)cc(C=O)cc1OCc1ccc(OC)cc1. The Kier molecular flexibility index (Phi) is 7.43. The molecule has 0 amide bonds. The Morgan fingerprint density at radius 3 is 2.54 bits per heavy atom. The minimum atomic E-state index is -0.649. The lowest BCUT2D eigenvalue weighted by atomic mass is 10.2. The molecule has 2 aromatic rings. The first kappa shape index (κ1) is 19.7. The van der Waals surface area contributed by atoms with E-state index in [4.69, 9.17) is 9.47 Å². The Bertz CT molecular complexity index is 756. The normalized spacial score (nSPS) is 10.3. The van der Waals surface area contributed by atoms with Crippen LogP contribution in [0.15, 0.2) is 36.4 Å². The molecule has 0 saturated carbocycles. The van der Waals surface area contributed by atoms with E-state index < -0.39 is 5.82 Å². The highest BCUT2D eigenvalue weighted by atomic mass is 32.2. The van der Waals surface area contributed by atoms with E-state index in [-0.39, 0.29) is 30.2 Å². The fourth-order valence-corrected chi connectivity index (χ4v) is 2.87. The third-order valence-corrected chi connectivity index (χ3v) is 4.17. The molecule has 6 nitrogen and oxygen atoms in total. The van der Waals surface area contributed by atoms with E-state index in [1.165, 1.54) is 10.4 Å². The van der Waals surface area contributed by atoms with Crippen LogP contribution in [0.1, 0.15) is 15.9 Å². The number of carbonyl (C=O) groups is 2. The molecule has 138 valence electrons. The Labute approximate surface area is 155 Å². The molecule has 0 aliphatic carbocycles. The summed E-state index contributed by atoms with van der Waals surface area (Å²) in [7, 11) is 3.23. The van der Waals surface area contributed by atoms with Crippen molar-refractivity contribution in [1.29, 1.82) is 0 Å². The van der Waals surface area contributed by atoms with Gasteiger partial charge in [0.05, 0.1) is 13.7 Å². The van der Waals surface area contributed by atoms with Crippen molar-refractivity contribution in [3.63, 3.8) is 0 Å². The lowest BCUT2D eigenvalue weighted by Crippen LogP contribution is -2.23. The molecule has 0 heterocycles. The Hall–Kier alpha value is -2.58. The summed E-state index contributed by atoms with van der Waals surface area (Å²) in [5.74, 6) is 0.238. The van der Waals surface area contributed by atoms with E-state index >= 15 is 0 Å². The highest BCUT2D eigenvalue weighted by Crippen LogP contribution is 2.35. The summed E-state index contributed by atoms with van der Waals surface area (Å²) in [6.45, 7) is 0.111. The third kappa shape index (κ3) is 4.96. The average molecular weight is 378 g/mol. The van der Waals surface area contributed by atoms with Crippen molar-refractivity contribution in [3.05, 3.63) is 53.3 Å². The molecule has 2 aromatic carbocycles. The van der Waals surface area contributed by atoms with Crippen LogP contribution < -0.4 is 18.5 Å². The predicted octanol–water partition coefficient (Wildman–Crippen LogP) is 3.01. The molecule has 2 rings (SSSR count). The van der Waals surface area contributed by atoms with E-state index in [0.29, 0.717) is 18.3 Å². The largest absolute Gasteiger partial charge is 0.497 e. The number of carbonyl (C=O) groups excluding carboxylic acids is 2. The molecule has 0 aliphatic heterocycles. The summed E-state index contributed by atoms with van der Waals surface area (Å²) in [6.07, 6.45) is 1.20. The van der Waals surface area contributed by atoms with E-state index in [1.54, 1.807) is 26.3 Å². The fourth-order valence-electron chi connectivity index (χ4n) is 2.25. The van der Waals surface area contributed by atoms with Crippen molar-refractivity contribution in [2.75, 3.05) is 25.0 Å². The van der Waals surface area contributed by atoms with Gasteiger partial charge in [-0.1, -0.05) is 12.1 Å². The van der Waals surface area contributed by atoms with Crippen molar-refractivity contribution in [3.8, 4) is 11.5 Å². The van der Waals surface area contributed by atoms with Crippen LogP contribution in [0.2, 0.25) is 0 Å². The molecule has 0 bridgehead atoms. The summed E-state index contributed by atoms with van der Waals surface area (Å²) in [5, 5.41) is 0. The Balaban J connectivity index is 2.32. The monoisotopic (exact) mass is 378 g/mol. The molecule has 0 radical (unpaired) electrons. The average Bonchev–Trinajstić information content (AvgIpc) is 2.66. The molecule has 0 unspecified atom stereocenters. The van der Waals surface area contributed by atoms with Crippen LogP contribution in [0.5, 0.6) is 11.5 Å². The standard InChI is InChI=1S/C18H19FN2O4S/c1-20-26-21(7-8-22)18-16(19)9-14(11-23)10-17(18)25-12-13-3-5-15(24-2)6-4-13/h3-6,8-11,20H,7,12H2,1-2H3. The second kappa shape index (κ2) is 9.79. The Morgan fingerprint density at radius 2 is 1.96 bits per heavy atom. The predicted molar refractivity (Wildman–Crippen MR) is 99.2 cm³/mol. The molecular weight excluding hydrogens is 359 g/mol. The number of ether oxygens (including phenoxy) is 2. The maximum atomic E-state index is 14.6. The van der Waals surface area contributed by atoms with E-state index in [1.807, 2.05) is 12.1 Å². The molecule has 0 spiro atoms. The Morgan fingerprint density at radius 1 is 1.23 bits per heavy atom. The van der Waals surface area contributed by atoms with E-state index in [9.17, 15) is 14.0 Å². The van der Waals surface area contributed by atoms with Gasteiger partial charge in [0.2, 0.25) is 0 Å². The number of rotatable bonds is 10. The van der Waals surface area contributed by atoms with Gasteiger partial charge < -0.3 is 14.3 Å². The molecule has 0 saturated heterocycles.